The first-order chi connectivity index (χ1) is 6.92. The van der Waals surface area contributed by atoms with E-state index in [1.165, 1.54) is 10.1 Å². The Labute approximate surface area is 87.0 Å². The van der Waals surface area contributed by atoms with Crippen molar-refractivity contribution in [2.75, 3.05) is 11.9 Å². The third-order valence-corrected chi connectivity index (χ3v) is 2.87. The van der Waals surface area contributed by atoms with E-state index in [1.54, 1.807) is 11.3 Å². The summed E-state index contributed by atoms with van der Waals surface area (Å²) in [5.41, 5.74) is 0. The molecule has 0 fully saturated rings. The van der Waals surface area contributed by atoms with Crippen LogP contribution < -0.4 is 5.32 Å². The quantitative estimate of drug-likeness (QED) is 0.611. The molecule has 3 heteroatoms. The summed E-state index contributed by atoms with van der Waals surface area (Å²) < 4.78 is 1.20. The molecule has 0 unspecified atom stereocenters. The van der Waals surface area contributed by atoms with Crippen LogP contribution in [0.1, 0.15) is 6.42 Å². The summed E-state index contributed by atoms with van der Waals surface area (Å²) in [7, 11) is 0. The van der Waals surface area contributed by atoms with E-state index in [-0.39, 0.29) is 0 Å². The van der Waals surface area contributed by atoms with E-state index in [2.05, 4.69) is 27.7 Å². The lowest BCUT2D eigenvalue weighted by atomic mass is 10.3. The van der Waals surface area contributed by atoms with E-state index in [9.17, 15) is 0 Å². The molecule has 2 rings (SSSR count). The van der Waals surface area contributed by atoms with Crippen molar-refractivity contribution in [3.05, 3.63) is 23.7 Å². The Balaban J connectivity index is 2.24. The van der Waals surface area contributed by atoms with Gasteiger partial charge in [-0.05, 0) is 22.9 Å². The maximum Gasteiger partial charge on any atom is 0.143 e. The number of rotatable bonds is 3. The van der Waals surface area contributed by atoms with Gasteiger partial charge in [0, 0.05) is 19.2 Å². The number of aromatic nitrogens is 1. The van der Waals surface area contributed by atoms with Gasteiger partial charge in [-0.15, -0.1) is 23.7 Å². The minimum atomic E-state index is 0.726. The van der Waals surface area contributed by atoms with Gasteiger partial charge in [0.05, 0.1) is 4.70 Å². The molecular weight excluding hydrogens is 192 g/mol. The van der Waals surface area contributed by atoms with Crippen molar-refractivity contribution in [1.29, 1.82) is 0 Å². The summed E-state index contributed by atoms with van der Waals surface area (Å²) in [6.45, 7) is 0.778. The largest absolute Gasteiger partial charge is 0.368 e. The average Bonchev–Trinajstić information content (AvgIpc) is 2.67. The predicted molar refractivity (Wildman–Crippen MR) is 61.6 cm³/mol. The number of hydrogen-bond acceptors (Lipinski definition) is 3. The van der Waals surface area contributed by atoms with E-state index < -0.39 is 0 Å². The van der Waals surface area contributed by atoms with Crippen LogP contribution in [0.15, 0.2) is 23.7 Å². The van der Waals surface area contributed by atoms with E-state index >= 15 is 0 Å². The van der Waals surface area contributed by atoms with Crippen LogP contribution in [0.25, 0.3) is 10.1 Å². The van der Waals surface area contributed by atoms with Crippen molar-refractivity contribution in [3.63, 3.8) is 0 Å². The van der Waals surface area contributed by atoms with Gasteiger partial charge in [0.25, 0.3) is 0 Å². The van der Waals surface area contributed by atoms with Crippen molar-refractivity contribution in [3.8, 4) is 12.3 Å². The molecule has 2 nitrogen and oxygen atoms in total. The van der Waals surface area contributed by atoms with Gasteiger partial charge in [0.2, 0.25) is 0 Å². The molecule has 14 heavy (non-hydrogen) atoms. The van der Waals surface area contributed by atoms with Gasteiger partial charge in [0.15, 0.2) is 0 Å². The third kappa shape index (κ3) is 1.70. The van der Waals surface area contributed by atoms with Crippen molar-refractivity contribution in [2.45, 2.75) is 6.42 Å². The topological polar surface area (TPSA) is 24.9 Å². The monoisotopic (exact) mass is 202 g/mol. The minimum absolute atomic E-state index is 0.726. The van der Waals surface area contributed by atoms with Crippen LogP contribution in [0, 0.1) is 12.3 Å². The van der Waals surface area contributed by atoms with Crippen LogP contribution in [0.5, 0.6) is 0 Å². The van der Waals surface area contributed by atoms with Gasteiger partial charge in [-0.25, -0.2) is 4.98 Å². The molecule has 0 bridgehead atoms. The number of pyridine rings is 1. The summed E-state index contributed by atoms with van der Waals surface area (Å²) in [6, 6.07) is 4.10. The van der Waals surface area contributed by atoms with E-state index in [0.717, 1.165) is 18.8 Å². The van der Waals surface area contributed by atoms with Gasteiger partial charge < -0.3 is 5.32 Å². The highest BCUT2D eigenvalue weighted by Crippen LogP contribution is 2.26. The number of nitrogens with zero attached hydrogens (tertiary/aromatic N) is 1. The molecule has 0 atom stereocenters. The zero-order chi connectivity index (χ0) is 9.80. The van der Waals surface area contributed by atoms with Crippen LogP contribution in [-0.4, -0.2) is 11.5 Å². The zero-order valence-corrected chi connectivity index (χ0v) is 8.47. The molecule has 0 aromatic carbocycles. The lowest BCUT2D eigenvalue weighted by Crippen LogP contribution is -2.01. The summed E-state index contributed by atoms with van der Waals surface area (Å²) in [4.78, 5) is 4.28. The predicted octanol–water partition coefficient (Wildman–Crippen LogP) is 2.73. The summed E-state index contributed by atoms with van der Waals surface area (Å²) in [6.07, 6.45) is 7.72. The second-order valence-electron chi connectivity index (χ2n) is 2.88. The molecule has 2 aromatic heterocycles. The van der Waals surface area contributed by atoms with E-state index in [0.29, 0.717) is 0 Å². The van der Waals surface area contributed by atoms with Crippen LogP contribution in [0.2, 0.25) is 0 Å². The normalized spacial score (nSPS) is 9.93. The van der Waals surface area contributed by atoms with E-state index in [4.69, 9.17) is 6.42 Å². The van der Waals surface area contributed by atoms with Crippen molar-refractivity contribution in [1.82, 2.24) is 4.98 Å². The molecule has 0 saturated carbocycles. The highest BCUT2D eigenvalue weighted by Gasteiger charge is 2.01. The lowest BCUT2D eigenvalue weighted by Gasteiger charge is -2.03. The Kier molecular flexibility index (Phi) is 2.66. The highest BCUT2D eigenvalue weighted by atomic mass is 32.1. The molecule has 0 spiro atoms. The number of nitrogens with one attached hydrogen (secondary N) is 1. The molecule has 2 aromatic rings. The first-order valence-electron chi connectivity index (χ1n) is 4.41. The fourth-order valence-electron chi connectivity index (χ4n) is 1.27. The zero-order valence-electron chi connectivity index (χ0n) is 7.66. The molecule has 0 amide bonds. The number of thiophene rings is 1. The van der Waals surface area contributed by atoms with Gasteiger partial charge in [-0.1, -0.05) is 0 Å². The molecular formula is C11H10N2S. The third-order valence-electron chi connectivity index (χ3n) is 1.93. The van der Waals surface area contributed by atoms with Crippen LogP contribution in [0.4, 0.5) is 5.82 Å². The average molecular weight is 202 g/mol. The van der Waals surface area contributed by atoms with Gasteiger partial charge >= 0.3 is 0 Å². The number of terminal acetylenes is 1. The minimum Gasteiger partial charge on any atom is -0.368 e. The summed E-state index contributed by atoms with van der Waals surface area (Å²) >= 11 is 1.70. The van der Waals surface area contributed by atoms with Gasteiger partial charge in [-0.3, -0.25) is 0 Å². The number of fused-ring (bicyclic) bond motifs is 1. The fourth-order valence-corrected chi connectivity index (χ4v) is 2.13. The second-order valence-corrected chi connectivity index (χ2v) is 3.80. The Morgan fingerprint density at radius 3 is 3.29 bits per heavy atom. The molecule has 1 N–H and O–H groups in total. The second kappa shape index (κ2) is 4.12. The molecule has 0 aliphatic carbocycles. The fraction of sp³-hybridized carbons (Fsp3) is 0.182. The van der Waals surface area contributed by atoms with Gasteiger partial charge in [-0.2, -0.15) is 0 Å². The standard InChI is InChI=1S/C11H10N2S/c1-2-3-6-12-11-10-9(4-7-13-11)5-8-14-10/h1,4-5,7-8H,3,6H2,(H,12,13). The molecule has 0 aliphatic heterocycles. The number of hydrogen-bond donors (Lipinski definition) is 1. The molecule has 0 radical (unpaired) electrons. The summed E-state index contributed by atoms with van der Waals surface area (Å²) in [5, 5.41) is 6.53. The molecule has 2 heterocycles. The Bertz CT molecular complexity index is 467. The Hall–Kier alpha value is -1.53. The lowest BCUT2D eigenvalue weighted by molar-refractivity contribution is 1.08. The Morgan fingerprint density at radius 1 is 1.50 bits per heavy atom. The Morgan fingerprint density at radius 2 is 2.43 bits per heavy atom. The van der Waals surface area contributed by atoms with Crippen LogP contribution >= 0.6 is 11.3 Å². The highest BCUT2D eigenvalue weighted by molar-refractivity contribution is 7.17. The SMILES string of the molecule is C#CCCNc1nccc2ccsc12. The smallest absolute Gasteiger partial charge is 0.143 e. The first kappa shape index (κ1) is 9.04. The maximum absolute atomic E-state index is 5.18. The van der Waals surface area contributed by atoms with E-state index in [1.807, 2.05) is 12.3 Å². The van der Waals surface area contributed by atoms with Crippen molar-refractivity contribution >= 4 is 27.2 Å². The maximum atomic E-state index is 5.18. The number of anilines is 1. The summed E-state index contributed by atoms with van der Waals surface area (Å²) in [5.74, 6) is 3.53. The molecule has 0 aliphatic rings. The van der Waals surface area contributed by atoms with Crippen molar-refractivity contribution < 1.29 is 0 Å². The van der Waals surface area contributed by atoms with Crippen molar-refractivity contribution in [2.24, 2.45) is 0 Å². The first-order valence-corrected chi connectivity index (χ1v) is 5.29. The van der Waals surface area contributed by atoms with Crippen LogP contribution in [-0.2, 0) is 0 Å². The van der Waals surface area contributed by atoms with Crippen LogP contribution in [0.3, 0.4) is 0 Å². The van der Waals surface area contributed by atoms with Gasteiger partial charge in [0.1, 0.15) is 5.82 Å². The molecule has 70 valence electrons. The molecule has 0 saturated heterocycles.